The summed E-state index contributed by atoms with van der Waals surface area (Å²) in [6.07, 6.45) is 4.46. The normalized spacial score (nSPS) is 10.7. The number of hydrogen-bond acceptors (Lipinski definition) is 5. The van der Waals surface area contributed by atoms with Crippen LogP contribution in [0.2, 0.25) is 0 Å². The van der Waals surface area contributed by atoms with Gasteiger partial charge in [0.05, 0.1) is 6.61 Å². The lowest BCUT2D eigenvalue weighted by Crippen LogP contribution is -2.06. The molecule has 0 atom stereocenters. The van der Waals surface area contributed by atoms with Gasteiger partial charge in [-0.25, -0.2) is 4.68 Å². The van der Waals surface area contributed by atoms with Crippen LogP contribution in [0.25, 0.3) is 16.9 Å². The minimum Gasteiger partial charge on any atom is -0.491 e. The van der Waals surface area contributed by atoms with E-state index in [1.165, 1.54) is 0 Å². The number of nitrogens with zero attached hydrogens (tertiary/aromatic N) is 4. The number of benzene rings is 1. The lowest BCUT2D eigenvalue weighted by atomic mass is 10.1. The molecule has 118 valence electrons. The van der Waals surface area contributed by atoms with Gasteiger partial charge in [-0.1, -0.05) is 24.3 Å². The van der Waals surface area contributed by atoms with Gasteiger partial charge in [-0.2, -0.15) is 0 Å². The number of nitrogens with two attached hydrogens (primary N) is 1. The van der Waals surface area contributed by atoms with Gasteiger partial charge in [0.15, 0.2) is 0 Å². The number of pyridine rings is 1. The molecule has 3 rings (SSSR count). The molecule has 3 aromatic rings. The Bertz CT molecular complexity index is 770. The highest BCUT2D eigenvalue weighted by molar-refractivity contribution is 5.64. The zero-order valence-corrected chi connectivity index (χ0v) is 13.0. The summed E-state index contributed by atoms with van der Waals surface area (Å²) in [5.41, 5.74) is 9.16. The molecule has 2 aromatic heterocycles. The van der Waals surface area contributed by atoms with Gasteiger partial charge >= 0.3 is 0 Å². The molecule has 23 heavy (non-hydrogen) atoms. The highest BCUT2D eigenvalue weighted by Crippen LogP contribution is 2.29. The molecule has 0 amide bonds. The predicted octanol–water partition coefficient (Wildman–Crippen LogP) is 2.58. The Labute approximate surface area is 134 Å². The summed E-state index contributed by atoms with van der Waals surface area (Å²) in [7, 11) is 0. The summed E-state index contributed by atoms with van der Waals surface area (Å²) in [6.45, 7) is 3.03. The summed E-state index contributed by atoms with van der Waals surface area (Å²) in [5, 5.41) is 8.49. The second kappa shape index (κ2) is 7.02. The quantitative estimate of drug-likeness (QED) is 0.757. The van der Waals surface area contributed by atoms with Crippen molar-refractivity contribution in [1.29, 1.82) is 0 Å². The number of para-hydroxylation sites is 2. The average molecular weight is 309 g/mol. The van der Waals surface area contributed by atoms with Gasteiger partial charge in [-0.3, -0.25) is 4.98 Å². The maximum Gasteiger partial charge on any atom is 0.145 e. The van der Waals surface area contributed by atoms with E-state index in [1.807, 2.05) is 36.4 Å². The maximum atomic E-state index is 5.84. The molecule has 0 aliphatic carbocycles. The first-order valence-electron chi connectivity index (χ1n) is 7.62. The van der Waals surface area contributed by atoms with Gasteiger partial charge < -0.3 is 10.5 Å². The van der Waals surface area contributed by atoms with Crippen molar-refractivity contribution in [2.75, 3.05) is 6.61 Å². The Morgan fingerprint density at radius 2 is 2.04 bits per heavy atom. The number of rotatable bonds is 6. The first kappa shape index (κ1) is 15.2. The fourth-order valence-electron chi connectivity index (χ4n) is 2.38. The topological polar surface area (TPSA) is 78.8 Å². The number of ether oxygens (including phenoxy) is 1. The Hall–Kier alpha value is -2.73. The van der Waals surface area contributed by atoms with Crippen molar-refractivity contribution in [1.82, 2.24) is 20.0 Å². The minimum absolute atomic E-state index is 0.308. The van der Waals surface area contributed by atoms with E-state index in [4.69, 9.17) is 10.5 Å². The van der Waals surface area contributed by atoms with Gasteiger partial charge in [-0.15, -0.1) is 5.10 Å². The van der Waals surface area contributed by atoms with Crippen LogP contribution >= 0.6 is 0 Å². The van der Waals surface area contributed by atoms with Crippen molar-refractivity contribution >= 4 is 0 Å². The fourth-order valence-corrected chi connectivity index (χ4v) is 2.38. The largest absolute Gasteiger partial charge is 0.491 e. The molecule has 0 unspecified atom stereocenters. The molecular weight excluding hydrogens is 290 g/mol. The molecule has 2 N–H and O–H groups in total. The van der Waals surface area contributed by atoms with E-state index in [2.05, 4.69) is 22.2 Å². The average Bonchev–Trinajstić information content (AvgIpc) is 3.04. The lowest BCUT2D eigenvalue weighted by Gasteiger charge is -2.13. The van der Waals surface area contributed by atoms with E-state index in [-0.39, 0.29) is 0 Å². The molecule has 0 aliphatic heterocycles. The van der Waals surface area contributed by atoms with Crippen molar-refractivity contribution in [3.63, 3.8) is 0 Å². The monoisotopic (exact) mass is 309 g/mol. The van der Waals surface area contributed by atoms with Crippen molar-refractivity contribution in [3.8, 4) is 22.7 Å². The second-order valence-electron chi connectivity index (χ2n) is 5.06. The smallest absolute Gasteiger partial charge is 0.145 e. The molecule has 0 saturated heterocycles. The third-order valence-electron chi connectivity index (χ3n) is 3.42. The molecule has 1 aromatic carbocycles. The summed E-state index contributed by atoms with van der Waals surface area (Å²) >= 11 is 0. The maximum absolute atomic E-state index is 5.84. The summed E-state index contributed by atoms with van der Waals surface area (Å²) in [6, 6.07) is 11.6. The predicted molar refractivity (Wildman–Crippen MR) is 88.3 cm³/mol. The van der Waals surface area contributed by atoms with Gasteiger partial charge in [0.2, 0.25) is 0 Å². The lowest BCUT2D eigenvalue weighted by molar-refractivity contribution is 0.316. The van der Waals surface area contributed by atoms with E-state index in [1.54, 1.807) is 17.1 Å². The van der Waals surface area contributed by atoms with E-state index in [0.29, 0.717) is 13.2 Å². The van der Waals surface area contributed by atoms with Crippen molar-refractivity contribution in [3.05, 3.63) is 54.5 Å². The summed E-state index contributed by atoms with van der Waals surface area (Å²) in [4.78, 5) is 4.18. The third-order valence-corrected chi connectivity index (χ3v) is 3.42. The molecule has 0 spiro atoms. The molecule has 0 radical (unpaired) electrons. The summed E-state index contributed by atoms with van der Waals surface area (Å²) < 4.78 is 7.61. The minimum atomic E-state index is 0.308. The Balaban J connectivity index is 2.13. The molecule has 6 heteroatoms. The van der Waals surface area contributed by atoms with Gasteiger partial charge in [0.1, 0.15) is 22.8 Å². The second-order valence-corrected chi connectivity index (χ2v) is 5.06. The Morgan fingerprint density at radius 3 is 2.78 bits per heavy atom. The van der Waals surface area contributed by atoms with Crippen LogP contribution in [0.4, 0.5) is 0 Å². The fraction of sp³-hybridized carbons (Fsp3) is 0.235. The van der Waals surface area contributed by atoms with Crippen LogP contribution in [0.15, 0.2) is 48.8 Å². The van der Waals surface area contributed by atoms with Crippen LogP contribution in [-0.2, 0) is 6.54 Å². The van der Waals surface area contributed by atoms with E-state index in [0.717, 1.165) is 34.8 Å². The molecule has 0 aliphatic rings. The van der Waals surface area contributed by atoms with Crippen LogP contribution in [0.1, 0.15) is 19.0 Å². The highest BCUT2D eigenvalue weighted by Gasteiger charge is 2.17. The Morgan fingerprint density at radius 1 is 1.17 bits per heavy atom. The van der Waals surface area contributed by atoms with E-state index >= 15 is 0 Å². The summed E-state index contributed by atoms with van der Waals surface area (Å²) in [5.74, 6) is 0.771. The number of aromatic nitrogens is 4. The van der Waals surface area contributed by atoms with Crippen molar-refractivity contribution in [2.24, 2.45) is 5.73 Å². The van der Waals surface area contributed by atoms with E-state index in [9.17, 15) is 0 Å². The Kier molecular flexibility index (Phi) is 4.63. The van der Waals surface area contributed by atoms with Crippen molar-refractivity contribution < 1.29 is 4.74 Å². The van der Waals surface area contributed by atoms with Gasteiger partial charge in [0, 0.05) is 24.5 Å². The first-order chi connectivity index (χ1) is 11.3. The first-order valence-corrected chi connectivity index (χ1v) is 7.62. The molecular formula is C17H19N5O. The highest BCUT2D eigenvalue weighted by atomic mass is 16.5. The van der Waals surface area contributed by atoms with E-state index < -0.39 is 0 Å². The van der Waals surface area contributed by atoms with Crippen LogP contribution < -0.4 is 10.5 Å². The van der Waals surface area contributed by atoms with Crippen LogP contribution in [0, 0.1) is 0 Å². The third kappa shape index (κ3) is 3.07. The standard InChI is InChI=1S/C17H19N5O/c1-2-10-23-16-8-4-3-7-15(16)22-17(14(11-18)20-21-22)13-6-5-9-19-12-13/h3-9,12H,2,10-11,18H2,1H3. The molecule has 0 fully saturated rings. The van der Waals surface area contributed by atoms with Crippen molar-refractivity contribution in [2.45, 2.75) is 19.9 Å². The molecule has 6 nitrogen and oxygen atoms in total. The van der Waals surface area contributed by atoms with Crippen LogP contribution in [-0.4, -0.2) is 26.6 Å². The van der Waals surface area contributed by atoms with Crippen LogP contribution in [0.5, 0.6) is 5.75 Å². The SMILES string of the molecule is CCCOc1ccccc1-n1nnc(CN)c1-c1cccnc1. The number of hydrogen-bond donors (Lipinski definition) is 1. The molecule has 0 bridgehead atoms. The van der Waals surface area contributed by atoms with Gasteiger partial charge in [-0.05, 0) is 30.7 Å². The molecule has 2 heterocycles. The van der Waals surface area contributed by atoms with Crippen LogP contribution in [0.3, 0.4) is 0 Å². The zero-order valence-electron chi connectivity index (χ0n) is 13.0. The molecule has 0 saturated carbocycles. The zero-order chi connectivity index (χ0) is 16.1. The van der Waals surface area contributed by atoms with Gasteiger partial charge in [0.25, 0.3) is 0 Å².